The molecule has 2 heteroatoms. The summed E-state index contributed by atoms with van der Waals surface area (Å²) in [5.41, 5.74) is 1.68. The predicted molar refractivity (Wildman–Crippen MR) is 54.5 cm³/mol. The molecule has 0 N–H and O–H groups in total. The first-order chi connectivity index (χ1) is 6.95. The monoisotopic (exact) mass is 180 g/mol. The number of rotatable bonds is 0. The van der Waals surface area contributed by atoms with Crippen LogP contribution < -0.4 is 0 Å². The summed E-state index contributed by atoms with van der Waals surface area (Å²) < 4.78 is 0. The van der Waals surface area contributed by atoms with E-state index in [9.17, 15) is 0 Å². The molecule has 0 aliphatic heterocycles. The quantitative estimate of drug-likeness (QED) is 0.578. The van der Waals surface area contributed by atoms with Gasteiger partial charge in [-0.15, -0.1) is 0 Å². The molecule has 0 spiro atoms. The zero-order valence-corrected chi connectivity index (χ0v) is 7.51. The van der Waals surface area contributed by atoms with Gasteiger partial charge in [0.05, 0.1) is 6.20 Å². The maximum absolute atomic E-state index is 4.06. The van der Waals surface area contributed by atoms with Gasteiger partial charge in [0.25, 0.3) is 0 Å². The van der Waals surface area contributed by atoms with Gasteiger partial charge < -0.3 is 0 Å². The number of nitrogens with zero attached hydrogens (tertiary/aromatic N) is 2. The van der Waals surface area contributed by atoms with Crippen LogP contribution in [0, 0.1) is 11.8 Å². The molecule has 0 saturated carbocycles. The van der Waals surface area contributed by atoms with Gasteiger partial charge >= 0.3 is 0 Å². The lowest BCUT2D eigenvalue weighted by atomic mass is 10.2. The van der Waals surface area contributed by atoms with Crippen LogP contribution in [0.25, 0.3) is 0 Å². The van der Waals surface area contributed by atoms with E-state index in [1.54, 1.807) is 18.6 Å². The molecular weight excluding hydrogens is 172 g/mol. The summed E-state index contributed by atoms with van der Waals surface area (Å²) in [6.07, 6.45) is 4.92. The van der Waals surface area contributed by atoms with Crippen LogP contribution in [0.15, 0.2) is 48.9 Å². The fourth-order valence-electron chi connectivity index (χ4n) is 1.02. The van der Waals surface area contributed by atoms with E-state index in [0.717, 1.165) is 5.56 Å². The molecule has 0 amide bonds. The van der Waals surface area contributed by atoms with Gasteiger partial charge in [0.15, 0.2) is 0 Å². The third-order valence-corrected chi connectivity index (χ3v) is 1.67. The van der Waals surface area contributed by atoms with Crippen molar-refractivity contribution in [3.63, 3.8) is 0 Å². The van der Waals surface area contributed by atoms with E-state index < -0.39 is 0 Å². The van der Waals surface area contributed by atoms with E-state index in [-0.39, 0.29) is 0 Å². The fourth-order valence-corrected chi connectivity index (χ4v) is 1.02. The van der Waals surface area contributed by atoms with Crippen molar-refractivity contribution >= 4 is 0 Å². The number of benzene rings is 1. The average molecular weight is 180 g/mol. The zero-order valence-electron chi connectivity index (χ0n) is 7.51. The van der Waals surface area contributed by atoms with Gasteiger partial charge in [-0.2, -0.15) is 0 Å². The third kappa shape index (κ3) is 2.18. The standard InChI is InChI=1S/C12H8N2/c1-2-4-11(5-3-1)6-7-12-10-13-8-9-14-12/h1-5,8-10H. The minimum Gasteiger partial charge on any atom is -0.260 e. The highest BCUT2D eigenvalue weighted by Gasteiger charge is 1.85. The molecule has 0 fully saturated rings. The van der Waals surface area contributed by atoms with Crippen molar-refractivity contribution in [1.82, 2.24) is 9.97 Å². The molecule has 1 heterocycles. The van der Waals surface area contributed by atoms with Crippen molar-refractivity contribution in [3.8, 4) is 11.8 Å². The molecule has 0 unspecified atom stereocenters. The highest BCUT2D eigenvalue weighted by atomic mass is 14.7. The lowest BCUT2D eigenvalue weighted by Gasteiger charge is -1.87. The molecular formula is C12H8N2. The van der Waals surface area contributed by atoms with Gasteiger partial charge in [0.2, 0.25) is 0 Å². The first-order valence-corrected chi connectivity index (χ1v) is 4.28. The molecule has 2 aromatic rings. The second kappa shape index (κ2) is 4.20. The second-order valence-corrected chi connectivity index (χ2v) is 2.71. The predicted octanol–water partition coefficient (Wildman–Crippen LogP) is 1.88. The van der Waals surface area contributed by atoms with E-state index >= 15 is 0 Å². The first kappa shape index (κ1) is 8.46. The molecule has 0 radical (unpaired) electrons. The summed E-state index contributed by atoms with van der Waals surface area (Å²) in [7, 11) is 0. The molecule has 0 atom stereocenters. The second-order valence-electron chi connectivity index (χ2n) is 2.71. The topological polar surface area (TPSA) is 25.8 Å². The normalized spacial score (nSPS) is 8.86. The van der Waals surface area contributed by atoms with Gasteiger partial charge in [0.1, 0.15) is 5.69 Å². The van der Waals surface area contributed by atoms with Crippen molar-refractivity contribution in [2.75, 3.05) is 0 Å². The summed E-state index contributed by atoms with van der Waals surface area (Å²) in [5, 5.41) is 0. The van der Waals surface area contributed by atoms with Gasteiger partial charge in [-0.3, -0.25) is 4.98 Å². The molecule has 0 aliphatic carbocycles. The average Bonchev–Trinajstić information content (AvgIpc) is 2.29. The van der Waals surface area contributed by atoms with Gasteiger partial charge in [-0.1, -0.05) is 24.1 Å². The number of aromatic nitrogens is 2. The summed E-state index contributed by atoms with van der Waals surface area (Å²) in [4.78, 5) is 7.99. The Morgan fingerprint density at radius 1 is 0.929 bits per heavy atom. The van der Waals surface area contributed by atoms with Crippen molar-refractivity contribution in [2.24, 2.45) is 0 Å². The maximum Gasteiger partial charge on any atom is 0.131 e. The van der Waals surface area contributed by atoms with Crippen LogP contribution >= 0.6 is 0 Å². The Hall–Kier alpha value is -2.14. The Bertz CT molecular complexity index is 408. The van der Waals surface area contributed by atoms with Crippen LogP contribution in [0.3, 0.4) is 0 Å². The summed E-state index contributed by atoms with van der Waals surface area (Å²) in [5.74, 6) is 5.95. The summed E-state index contributed by atoms with van der Waals surface area (Å²) in [6.45, 7) is 0. The molecule has 14 heavy (non-hydrogen) atoms. The fraction of sp³-hybridized carbons (Fsp3) is 0. The minimum atomic E-state index is 0.691. The van der Waals surface area contributed by atoms with Gasteiger partial charge in [-0.25, -0.2) is 4.98 Å². The molecule has 0 aliphatic rings. The van der Waals surface area contributed by atoms with E-state index in [2.05, 4.69) is 21.8 Å². The summed E-state index contributed by atoms with van der Waals surface area (Å²) >= 11 is 0. The van der Waals surface area contributed by atoms with Crippen LogP contribution in [0.5, 0.6) is 0 Å². The number of hydrogen-bond acceptors (Lipinski definition) is 2. The molecule has 0 bridgehead atoms. The third-order valence-electron chi connectivity index (χ3n) is 1.67. The Morgan fingerprint density at radius 2 is 1.79 bits per heavy atom. The van der Waals surface area contributed by atoms with E-state index in [1.807, 2.05) is 30.3 Å². The molecule has 0 saturated heterocycles. The largest absolute Gasteiger partial charge is 0.260 e. The van der Waals surface area contributed by atoms with Crippen LogP contribution in [0.2, 0.25) is 0 Å². The van der Waals surface area contributed by atoms with Crippen LogP contribution in [-0.4, -0.2) is 9.97 Å². The van der Waals surface area contributed by atoms with Crippen molar-refractivity contribution in [1.29, 1.82) is 0 Å². The van der Waals surface area contributed by atoms with Gasteiger partial charge in [0, 0.05) is 18.0 Å². The molecule has 1 aromatic heterocycles. The van der Waals surface area contributed by atoms with Crippen LogP contribution in [-0.2, 0) is 0 Å². The maximum atomic E-state index is 4.06. The van der Waals surface area contributed by atoms with Gasteiger partial charge in [-0.05, 0) is 18.1 Å². The van der Waals surface area contributed by atoms with E-state index in [0.29, 0.717) is 5.69 Å². The lowest BCUT2D eigenvalue weighted by molar-refractivity contribution is 1.17. The Labute approximate surface area is 82.7 Å². The Morgan fingerprint density at radius 3 is 2.50 bits per heavy atom. The van der Waals surface area contributed by atoms with Crippen LogP contribution in [0.1, 0.15) is 11.3 Å². The SMILES string of the molecule is C(#Cc1cnccn1)c1ccccc1. The smallest absolute Gasteiger partial charge is 0.131 e. The minimum absolute atomic E-state index is 0.691. The highest BCUT2D eigenvalue weighted by molar-refractivity contribution is 5.38. The summed E-state index contributed by atoms with van der Waals surface area (Å²) in [6, 6.07) is 9.81. The van der Waals surface area contributed by atoms with E-state index in [4.69, 9.17) is 0 Å². The van der Waals surface area contributed by atoms with Crippen LogP contribution in [0.4, 0.5) is 0 Å². The number of hydrogen-bond donors (Lipinski definition) is 0. The highest BCUT2D eigenvalue weighted by Crippen LogP contribution is 1.95. The van der Waals surface area contributed by atoms with Crippen molar-refractivity contribution in [3.05, 3.63) is 60.2 Å². The van der Waals surface area contributed by atoms with E-state index in [1.165, 1.54) is 0 Å². The van der Waals surface area contributed by atoms with Crippen molar-refractivity contribution in [2.45, 2.75) is 0 Å². The molecule has 2 nitrogen and oxygen atoms in total. The Balaban J connectivity index is 2.24. The zero-order chi connectivity index (χ0) is 9.64. The molecule has 66 valence electrons. The molecule has 2 rings (SSSR count). The lowest BCUT2D eigenvalue weighted by Crippen LogP contribution is -1.81. The van der Waals surface area contributed by atoms with Crippen molar-refractivity contribution < 1.29 is 0 Å². The first-order valence-electron chi connectivity index (χ1n) is 4.28. The molecule has 1 aromatic carbocycles. The Kier molecular flexibility index (Phi) is 2.54.